The molecule has 2 aromatic rings. The molecular weight excluding hydrogens is 370 g/mol. The minimum atomic E-state index is -0.0499. The fraction of sp³-hybridized carbons (Fsp3) is 0.500. The molecule has 1 amide bonds. The van der Waals surface area contributed by atoms with Gasteiger partial charge in [-0.1, -0.05) is 0 Å². The summed E-state index contributed by atoms with van der Waals surface area (Å²) in [6.45, 7) is 6.72. The number of amides is 1. The van der Waals surface area contributed by atoms with Crippen LogP contribution in [-0.2, 0) is 0 Å². The maximum Gasteiger partial charge on any atom is 0.259 e. The van der Waals surface area contributed by atoms with Gasteiger partial charge < -0.3 is 24.3 Å². The van der Waals surface area contributed by atoms with Crippen molar-refractivity contribution in [1.82, 2.24) is 25.0 Å². The van der Waals surface area contributed by atoms with E-state index < -0.39 is 0 Å². The zero-order valence-electron chi connectivity index (χ0n) is 17.0. The Kier molecular flexibility index (Phi) is 5.75. The maximum atomic E-state index is 12.8. The van der Waals surface area contributed by atoms with Crippen molar-refractivity contribution in [1.29, 1.82) is 0 Å². The van der Waals surface area contributed by atoms with Gasteiger partial charge >= 0.3 is 0 Å². The molecule has 2 saturated heterocycles. The molecule has 4 rings (SSSR count). The number of aromatic nitrogens is 3. The molecule has 0 spiro atoms. The van der Waals surface area contributed by atoms with Gasteiger partial charge in [0.2, 0.25) is 5.88 Å². The molecule has 2 aromatic heterocycles. The summed E-state index contributed by atoms with van der Waals surface area (Å²) in [4.78, 5) is 25.5. The molecule has 0 atom stereocenters. The second kappa shape index (κ2) is 8.60. The van der Waals surface area contributed by atoms with E-state index in [9.17, 15) is 4.79 Å². The zero-order chi connectivity index (χ0) is 20.2. The molecule has 0 saturated carbocycles. The number of hydrogen-bond acceptors (Lipinski definition) is 8. The average Bonchev–Trinajstić information content (AvgIpc) is 2.79. The van der Waals surface area contributed by atoms with Gasteiger partial charge in [0, 0.05) is 58.6 Å². The molecule has 0 aliphatic carbocycles. The summed E-state index contributed by atoms with van der Waals surface area (Å²) in [5.74, 6) is 2.10. The van der Waals surface area contributed by atoms with Crippen LogP contribution in [-0.4, -0.2) is 97.4 Å². The molecule has 29 heavy (non-hydrogen) atoms. The number of methoxy groups -OCH3 is 1. The lowest BCUT2D eigenvalue weighted by Crippen LogP contribution is -2.49. The fourth-order valence-electron chi connectivity index (χ4n) is 3.72. The Bertz CT molecular complexity index is 829. The summed E-state index contributed by atoms with van der Waals surface area (Å²) < 4.78 is 5.22. The second-order valence-electron chi connectivity index (χ2n) is 7.38. The normalized spacial score (nSPS) is 18.1. The van der Waals surface area contributed by atoms with Crippen molar-refractivity contribution in [2.45, 2.75) is 0 Å². The molecule has 9 heteroatoms. The largest absolute Gasteiger partial charge is 0.480 e. The van der Waals surface area contributed by atoms with Crippen LogP contribution in [0.15, 0.2) is 30.5 Å². The van der Waals surface area contributed by atoms with Crippen molar-refractivity contribution in [3.8, 4) is 5.88 Å². The zero-order valence-corrected chi connectivity index (χ0v) is 17.0. The van der Waals surface area contributed by atoms with Gasteiger partial charge in [-0.15, -0.1) is 10.2 Å². The standard InChI is InChI=1S/C20H27N7O2/c1-24-8-10-25(11-9-24)17-5-6-18(23-22-17)26-12-14-27(15-13-26)20(28)16-4-3-7-21-19(16)29-2/h3-7H,8-15H2,1-2H3. The first kappa shape index (κ1) is 19.4. The molecule has 2 fully saturated rings. The Morgan fingerprint density at radius 3 is 2.03 bits per heavy atom. The molecule has 4 heterocycles. The minimum Gasteiger partial charge on any atom is -0.480 e. The van der Waals surface area contributed by atoms with E-state index in [1.165, 1.54) is 7.11 Å². The first-order valence-corrected chi connectivity index (χ1v) is 9.96. The smallest absolute Gasteiger partial charge is 0.259 e. The summed E-state index contributed by atoms with van der Waals surface area (Å²) in [5.41, 5.74) is 0.500. The number of carbonyl (C=O) groups excluding carboxylic acids is 1. The highest BCUT2D eigenvalue weighted by molar-refractivity contribution is 5.96. The number of ether oxygens (including phenoxy) is 1. The quantitative estimate of drug-likeness (QED) is 0.742. The van der Waals surface area contributed by atoms with E-state index in [2.05, 4.69) is 36.9 Å². The summed E-state index contributed by atoms with van der Waals surface area (Å²) in [6.07, 6.45) is 1.62. The maximum absolute atomic E-state index is 12.8. The third kappa shape index (κ3) is 4.24. The van der Waals surface area contributed by atoms with Crippen LogP contribution in [0.2, 0.25) is 0 Å². The number of nitrogens with zero attached hydrogens (tertiary/aromatic N) is 7. The van der Waals surface area contributed by atoms with Gasteiger partial charge in [0.05, 0.1) is 7.11 Å². The van der Waals surface area contributed by atoms with Crippen LogP contribution >= 0.6 is 0 Å². The van der Waals surface area contributed by atoms with E-state index in [4.69, 9.17) is 4.74 Å². The highest BCUT2D eigenvalue weighted by atomic mass is 16.5. The molecule has 0 radical (unpaired) electrons. The molecule has 2 aliphatic rings. The van der Waals surface area contributed by atoms with Gasteiger partial charge in [-0.2, -0.15) is 0 Å². The van der Waals surface area contributed by atoms with Gasteiger partial charge in [0.15, 0.2) is 11.6 Å². The molecule has 0 N–H and O–H groups in total. The predicted octanol–water partition coefficient (Wildman–Crippen LogP) is 0.594. The van der Waals surface area contributed by atoms with E-state index >= 15 is 0 Å². The van der Waals surface area contributed by atoms with Crippen molar-refractivity contribution in [3.63, 3.8) is 0 Å². The Hall–Kier alpha value is -2.94. The van der Waals surface area contributed by atoms with Gasteiger partial charge in [0.25, 0.3) is 5.91 Å². The van der Waals surface area contributed by atoms with Crippen molar-refractivity contribution in [3.05, 3.63) is 36.0 Å². The summed E-state index contributed by atoms with van der Waals surface area (Å²) >= 11 is 0. The monoisotopic (exact) mass is 397 g/mol. The Morgan fingerprint density at radius 1 is 0.897 bits per heavy atom. The summed E-state index contributed by atoms with van der Waals surface area (Å²) in [7, 11) is 3.67. The first-order chi connectivity index (χ1) is 14.2. The Morgan fingerprint density at radius 2 is 1.48 bits per heavy atom. The lowest BCUT2D eigenvalue weighted by molar-refractivity contribution is 0.0742. The van der Waals surface area contributed by atoms with Crippen molar-refractivity contribution in [2.24, 2.45) is 0 Å². The Balaban J connectivity index is 1.35. The van der Waals surface area contributed by atoms with E-state index in [-0.39, 0.29) is 5.91 Å². The average molecular weight is 397 g/mol. The molecule has 2 aliphatic heterocycles. The number of likely N-dealkylation sites (N-methyl/N-ethyl adjacent to an activating group) is 1. The number of carbonyl (C=O) groups is 1. The molecule has 0 aromatic carbocycles. The van der Waals surface area contributed by atoms with Gasteiger partial charge in [-0.05, 0) is 31.3 Å². The van der Waals surface area contributed by atoms with Crippen molar-refractivity contribution < 1.29 is 9.53 Å². The molecular formula is C20H27N7O2. The van der Waals surface area contributed by atoms with Crippen LogP contribution in [0.4, 0.5) is 11.6 Å². The molecule has 0 bridgehead atoms. The van der Waals surface area contributed by atoms with Crippen LogP contribution in [0.3, 0.4) is 0 Å². The lowest BCUT2D eigenvalue weighted by Gasteiger charge is -2.36. The van der Waals surface area contributed by atoms with Crippen molar-refractivity contribution >= 4 is 17.5 Å². The fourth-order valence-corrected chi connectivity index (χ4v) is 3.72. The lowest BCUT2D eigenvalue weighted by atomic mass is 10.2. The van der Waals surface area contributed by atoms with Crippen LogP contribution in [0.5, 0.6) is 5.88 Å². The number of hydrogen-bond donors (Lipinski definition) is 0. The number of piperazine rings is 2. The van der Waals surface area contributed by atoms with E-state index in [1.54, 1.807) is 18.3 Å². The number of pyridine rings is 1. The van der Waals surface area contributed by atoms with Crippen LogP contribution in [0.25, 0.3) is 0 Å². The number of rotatable bonds is 4. The van der Waals surface area contributed by atoms with Gasteiger partial charge in [0.1, 0.15) is 5.56 Å². The summed E-state index contributed by atoms with van der Waals surface area (Å²) in [6, 6.07) is 7.58. The highest BCUT2D eigenvalue weighted by Crippen LogP contribution is 2.20. The SMILES string of the molecule is COc1ncccc1C(=O)N1CCN(c2ccc(N3CCN(C)CC3)nn2)CC1. The van der Waals surface area contributed by atoms with E-state index in [0.29, 0.717) is 24.5 Å². The van der Waals surface area contributed by atoms with E-state index in [1.807, 2.05) is 17.0 Å². The van der Waals surface area contributed by atoms with Crippen molar-refractivity contribution in [2.75, 3.05) is 76.3 Å². The van der Waals surface area contributed by atoms with E-state index in [0.717, 1.165) is 50.9 Å². The predicted molar refractivity (Wildman–Crippen MR) is 111 cm³/mol. The first-order valence-electron chi connectivity index (χ1n) is 9.96. The topological polar surface area (TPSA) is 77.9 Å². The Labute approximate surface area is 170 Å². The minimum absolute atomic E-state index is 0.0499. The number of anilines is 2. The summed E-state index contributed by atoms with van der Waals surface area (Å²) in [5, 5.41) is 8.88. The third-order valence-electron chi connectivity index (χ3n) is 5.55. The van der Waals surface area contributed by atoms with Gasteiger partial charge in [-0.3, -0.25) is 4.79 Å². The molecule has 154 valence electrons. The third-order valence-corrected chi connectivity index (χ3v) is 5.55. The molecule has 9 nitrogen and oxygen atoms in total. The second-order valence-corrected chi connectivity index (χ2v) is 7.38. The molecule has 0 unspecified atom stereocenters. The van der Waals surface area contributed by atoms with Crippen LogP contribution in [0, 0.1) is 0 Å². The van der Waals surface area contributed by atoms with Crippen LogP contribution in [0.1, 0.15) is 10.4 Å². The van der Waals surface area contributed by atoms with Gasteiger partial charge in [-0.25, -0.2) is 4.98 Å². The highest BCUT2D eigenvalue weighted by Gasteiger charge is 2.25. The van der Waals surface area contributed by atoms with Crippen LogP contribution < -0.4 is 14.5 Å².